The van der Waals surface area contributed by atoms with Gasteiger partial charge in [-0.2, -0.15) is 13.2 Å². The zero-order valence-corrected chi connectivity index (χ0v) is 14.0. The fourth-order valence-corrected chi connectivity index (χ4v) is 3.46. The number of halogens is 3. The van der Waals surface area contributed by atoms with Crippen LogP contribution in [0.4, 0.5) is 13.2 Å². The van der Waals surface area contributed by atoms with Crippen molar-refractivity contribution in [1.82, 2.24) is 9.88 Å². The van der Waals surface area contributed by atoms with Crippen molar-refractivity contribution in [2.45, 2.75) is 32.0 Å². The highest BCUT2D eigenvalue weighted by Gasteiger charge is 2.55. The molecule has 2 fully saturated rings. The van der Waals surface area contributed by atoms with Crippen LogP contribution in [0, 0.1) is 12.3 Å². The van der Waals surface area contributed by atoms with Crippen molar-refractivity contribution in [3.05, 3.63) is 41.3 Å². The Morgan fingerprint density at radius 2 is 2.12 bits per heavy atom. The molecular formula is C18H17F3N2O3. The quantitative estimate of drug-likeness (QED) is 0.886. The second-order valence-electron chi connectivity index (χ2n) is 7.07. The van der Waals surface area contributed by atoms with Gasteiger partial charge in [0.2, 0.25) is 5.89 Å². The monoisotopic (exact) mass is 366 g/mol. The van der Waals surface area contributed by atoms with Gasteiger partial charge in [0, 0.05) is 24.1 Å². The maximum atomic E-state index is 12.9. The van der Waals surface area contributed by atoms with E-state index in [0.29, 0.717) is 6.54 Å². The summed E-state index contributed by atoms with van der Waals surface area (Å²) in [7, 11) is 0. The Hall–Kier alpha value is -2.35. The summed E-state index contributed by atoms with van der Waals surface area (Å²) < 4.78 is 44.1. The van der Waals surface area contributed by atoms with Crippen LogP contribution in [-0.4, -0.2) is 40.1 Å². The minimum Gasteiger partial charge on any atom is -0.441 e. The highest BCUT2D eigenvalue weighted by molar-refractivity contribution is 5.94. The molecule has 2 aliphatic rings. The fourth-order valence-electron chi connectivity index (χ4n) is 3.46. The Kier molecular flexibility index (Phi) is 3.66. The van der Waals surface area contributed by atoms with E-state index < -0.39 is 17.8 Å². The minimum absolute atomic E-state index is 0.0298. The third kappa shape index (κ3) is 2.78. The average Bonchev–Trinajstić information content (AvgIpc) is 3.16. The zero-order chi connectivity index (χ0) is 18.7. The van der Waals surface area contributed by atoms with Crippen LogP contribution in [-0.2, 0) is 6.18 Å². The third-order valence-corrected chi connectivity index (χ3v) is 5.22. The number of aryl methyl sites for hydroxylation is 1. The number of aliphatic hydroxyl groups is 1. The molecule has 4 rings (SSSR count). The number of hydrogen-bond acceptors (Lipinski definition) is 4. The number of alkyl halides is 3. The number of benzene rings is 1. The summed E-state index contributed by atoms with van der Waals surface area (Å²) in [6.07, 6.45) is -3.22. The van der Waals surface area contributed by atoms with E-state index in [1.807, 2.05) is 0 Å². The van der Waals surface area contributed by atoms with Crippen molar-refractivity contribution < 1.29 is 27.5 Å². The van der Waals surface area contributed by atoms with Crippen LogP contribution in [0.25, 0.3) is 11.5 Å². The van der Waals surface area contributed by atoms with E-state index in [1.54, 1.807) is 11.8 Å². The first-order chi connectivity index (χ1) is 12.2. The van der Waals surface area contributed by atoms with E-state index in [1.165, 1.54) is 12.1 Å². The SMILES string of the molecule is Cc1oc(-c2cccc(C(F)(F)F)c2)nc1C(=O)N1CC(O)C2(CC2)C1. The molecule has 1 spiro atoms. The van der Waals surface area contributed by atoms with Crippen molar-refractivity contribution >= 4 is 5.91 Å². The minimum atomic E-state index is -4.47. The van der Waals surface area contributed by atoms with Crippen LogP contribution >= 0.6 is 0 Å². The topological polar surface area (TPSA) is 66.6 Å². The summed E-state index contributed by atoms with van der Waals surface area (Å²) in [5.74, 6) is -0.154. The van der Waals surface area contributed by atoms with Crippen LogP contribution in [0.15, 0.2) is 28.7 Å². The Bertz CT molecular complexity index is 871. The first kappa shape index (κ1) is 17.1. The van der Waals surface area contributed by atoms with Gasteiger partial charge in [-0.15, -0.1) is 0 Å². The van der Waals surface area contributed by atoms with Crippen LogP contribution in [0.2, 0.25) is 0 Å². The van der Waals surface area contributed by atoms with Crippen molar-refractivity contribution in [3.63, 3.8) is 0 Å². The van der Waals surface area contributed by atoms with E-state index in [0.717, 1.165) is 25.0 Å². The average molecular weight is 366 g/mol. The molecule has 0 bridgehead atoms. The largest absolute Gasteiger partial charge is 0.441 e. The predicted molar refractivity (Wildman–Crippen MR) is 85.3 cm³/mol. The van der Waals surface area contributed by atoms with Gasteiger partial charge in [-0.1, -0.05) is 6.07 Å². The standard InChI is InChI=1S/C18H17F3N2O3/c1-10-14(16(25)23-8-13(24)17(9-23)5-6-17)22-15(26-10)11-3-2-4-12(7-11)18(19,20)21/h2-4,7,13,24H,5-6,8-9H2,1H3. The van der Waals surface area contributed by atoms with E-state index >= 15 is 0 Å². The smallest absolute Gasteiger partial charge is 0.416 e. The molecule has 1 saturated heterocycles. The molecule has 2 heterocycles. The summed E-state index contributed by atoms with van der Waals surface area (Å²) in [5.41, 5.74) is -0.765. The number of likely N-dealkylation sites (tertiary alicyclic amines) is 1. The van der Waals surface area contributed by atoms with Gasteiger partial charge >= 0.3 is 6.18 Å². The van der Waals surface area contributed by atoms with E-state index in [2.05, 4.69) is 4.98 Å². The first-order valence-corrected chi connectivity index (χ1v) is 8.32. The second-order valence-corrected chi connectivity index (χ2v) is 7.07. The molecule has 0 radical (unpaired) electrons. The van der Waals surface area contributed by atoms with Crippen LogP contribution in [0.3, 0.4) is 0 Å². The number of β-amino-alcohol motifs (C(OH)–C–C–N with tert-alkyl or cyclic N) is 1. The summed E-state index contributed by atoms with van der Waals surface area (Å²) in [5, 5.41) is 10.1. The van der Waals surface area contributed by atoms with Crippen molar-refractivity contribution in [3.8, 4) is 11.5 Å². The molecule has 1 amide bonds. The number of amides is 1. The lowest BCUT2D eigenvalue weighted by Crippen LogP contribution is -2.30. The Labute approximate surface area is 147 Å². The molecule has 1 aliphatic heterocycles. The zero-order valence-electron chi connectivity index (χ0n) is 14.0. The molecule has 1 saturated carbocycles. The number of carbonyl (C=O) groups is 1. The molecule has 1 unspecified atom stereocenters. The molecule has 1 N–H and O–H groups in total. The van der Waals surface area contributed by atoms with Crippen LogP contribution < -0.4 is 0 Å². The second kappa shape index (κ2) is 5.57. The lowest BCUT2D eigenvalue weighted by atomic mass is 10.0. The first-order valence-electron chi connectivity index (χ1n) is 8.32. The fraction of sp³-hybridized carbons (Fsp3) is 0.444. The molecule has 1 aliphatic carbocycles. The van der Waals surface area contributed by atoms with E-state index in [9.17, 15) is 23.1 Å². The summed E-state index contributed by atoms with van der Waals surface area (Å²) in [4.78, 5) is 18.4. The van der Waals surface area contributed by atoms with Gasteiger partial charge < -0.3 is 14.4 Å². The maximum absolute atomic E-state index is 12.9. The van der Waals surface area contributed by atoms with Gasteiger partial charge in [-0.3, -0.25) is 4.79 Å². The maximum Gasteiger partial charge on any atom is 0.416 e. The Balaban J connectivity index is 1.61. The number of nitrogens with zero attached hydrogens (tertiary/aromatic N) is 2. The lowest BCUT2D eigenvalue weighted by Gasteiger charge is -2.14. The highest BCUT2D eigenvalue weighted by Crippen LogP contribution is 2.53. The molecule has 5 nitrogen and oxygen atoms in total. The molecule has 1 atom stereocenters. The van der Waals surface area contributed by atoms with Crippen LogP contribution in [0.1, 0.15) is 34.7 Å². The van der Waals surface area contributed by atoms with Crippen molar-refractivity contribution in [2.24, 2.45) is 5.41 Å². The number of aliphatic hydroxyl groups excluding tert-OH is 1. The van der Waals surface area contributed by atoms with Crippen LogP contribution in [0.5, 0.6) is 0 Å². The molecule has 1 aromatic heterocycles. The number of aromatic nitrogens is 1. The number of oxazole rings is 1. The van der Waals surface area contributed by atoms with Gasteiger partial charge in [0.05, 0.1) is 11.7 Å². The summed E-state index contributed by atoms with van der Waals surface area (Å²) in [6.45, 7) is 2.26. The van der Waals surface area contributed by atoms with Gasteiger partial charge in [0.15, 0.2) is 5.69 Å². The third-order valence-electron chi connectivity index (χ3n) is 5.22. The van der Waals surface area contributed by atoms with Crippen molar-refractivity contribution in [1.29, 1.82) is 0 Å². The van der Waals surface area contributed by atoms with Gasteiger partial charge in [-0.05, 0) is 38.0 Å². The number of rotatable bonds is 2. The summed E-state index contributed by atoms with van der Waals surface area (Å²) >= 11 is 0. The Morgan fingerprint density at radius 1 is 1.38 bits per heavy atom. The molecule has 138 valence electrons. The normalized spacial score (nSPS) is 21.4. The van der Waals surface area contributed by atoms with E-state index in [-0.39, 0.29) is 40.8 Å². The molecule has 2 aromatic rings. The number of carbonyl (C=O) groups excluding carboxylic acids is 1. The number of hydrogen-bond donors (Lipinski definition) is 1. The van der Waals surface area contributed by atoms with Gasteiger partial charge in [0.25, 0.3) is 5.91 Å². The van der Waals surface area contributed by atoms with Crippen molar-refractivity contribution in [2.75, 3.05) is 13.1 Å². The molecule has 1 aromatic carbocycles. The Morgan fingerprint density at radius 3 is 2.73 bits per heavy atom. The lowest BCUT2D eigenvalue weighted by molar-refractivity contribution is -0.137. The highest BCUT2D eigenvalue weighted by atomic mass is 19.4. The van der Waals surface area contributed by atoms with Gasteiger partial charge in [-0.25, -0.2) is 4.98 Å². The molecular weight excluding hydrogens is 349 g/mol. The predicted octanol–water partition coefficient (Wildman–Crippen LogP) is 3.27. The molecule has 8 heteroatoms. The molecule has 26 heavy (non-hydrogen) atoms. The summed E-state index contributed by atoms with van der Waals surface area (Å²) in [6, 6.07) is 4.63. The van der Waals surface area contributed by atoms with Gasteiger partial charge in [0.1, 0.15) is 5.76 Å². The van der Waals surface area contributed by atoms with E-state index in [4.69, 9.17) is 4.42 Å².